The van der Waals surface area contributed by atoms with Crippen LogP contribution in [0.2, 0.25) is 0 Å². The van der Waals surface area contributed by atoms with Crippen LogP contribution in [-0.4, -0.2) is 37.0 Å². The van der Waals surface area contributed by atoms with Crippen LogP contribution >= 0.6 is 12.4 Å². The van der Waals surface area contributed by atoms with Crippen LogP contribution in [0.25, 0.3) is 10.8 Å². The number of likely N-dealkylation sites (tertiary alicyclic amines) is 1. The third-order valence-electron chi connectivity index (χ3n) is 5.46. The number of amides is 1. The molecule has 1 amide bonds. The number of fused-ring (bicyclic) bond motifs is 1. The summed E-state index contributed by atoms with van der Waals surface area (Å²) in [5, 5.41) is 5.69. The number of benzene rings is 2. The molecule has 0 radical (unpaired) electrons. The maximum Gasteiger partial charge on any atom is 0.254 e. The smallest absolute Gasteiger partial charge is 0.254 e. The highest BCUT2D eigenvalue weighted by molar-refractivity contribution is 6.07. The van der Waals surface area contributed by atoms with Crippen LogP contribution in [0.1, 0.15) is 29.6 Å². The number of nitrogens with zero attached hydrogens (tertiary/aromatic N) is 1. The maximum atomic E-state index is 12.9. The molecule has 1 N–H and O–H groups in total. The van der Waals surface area contributed by atoms with Crippen molar-refractivity contribution in [3.63, 3.8) is 0 Å². The number of nitrogens with one attached hydrogen (secondary N) is 1. The van der Waals surface area contributed by atoms with Crippen LogP contribution in [0.15, 0.2) is 42.5 Å². The van der Waals surface area contributed by atoms with E-state index >= 15 is 0 Å². The molecule has 2 aliphatic heterocycles. The fraction of sp³-hybridized carbons (Fsp3) is 0.421. The first-order valence-electron chi connectivity index (χ1n) is 8.25. The average molecular weight is 331 g/mol. The van der Waals surface area contributed by atoms with E-state index in [0.29, 0.717) is 5.41 Å². The van der Waals surface area contributed by atoms with Gasteiger partial charge in [-0.3, -0.25) is 4.79 Å². The molecule has 2 heterocycles. The van der Waals surface area contributed by atoms with Crippen molar-refractivity contribution in [2.75, 3.05) is 26.2 Å². The molecule has 122 valence electrons. The highest BCUT2D eigenvalue weighted by Gasteiger charge is 2.38. The van der Waals surface area contributed by atoms with Gasteiger partial charge >= 0.3 is 0 Å². The Bertz CT molecular complexity index is 694. The zero-order valence-electron chi connectivity index (χ0n) is 13.3. The van der Waals surface area contributed by atoms with Crippen molar-refractivity contribution in [2.45, 2.75) is 19.3 Å². The second-order valence-corrected chi connectivity index (χ2v) is 6.75. The lowest BCUT2D eigenvalue weighted by Crippen LogP contribution is -2.44. The molecule has 1 spiro atoms. The van der Waals surface area contributed by atoms with E-state index < -0.39 is 0 Å². The summed E-state index contributed by atoms with van der Waals surface area (Å²) in [5.74, 6) is 0.192. The number of rotatable bonds is 1. The zero-order chi connectivity index (χ0) is 15.0. The van der Waals surface area contributed by atoms with E-state index in [2.05, 4.69) is 23.5 Å². The topological polar surface area (TPSA) is 32.3 Å². The molecule has 3 nitrogen and oxygen atoms in total. The van der Waals surface area contributed by atoms with E-state index in [0.717, 1.165) is 55.4 Å². The maximum absolute atomic E-state index is 12.9. The van der Waals surface area contributed by atoms with Gasteiger partial charge in [-0.1, -0.05) is 36.4 Å². The number of hydrogen-bond donors (Lipinski definition) is 1. The Hall–Kier alpha value is -1.58. The van der Waals surface area contributed by atoms with Crippen molar-refractivity contribution >= 4 is 29.1 Å². The first-order chi connectivity index (χ1) is 10.8. The number of hydrogen-bond acceptors (Lipinski definition) is 2. The third kappa shape index (κ3) is 2.96. The SMILES string of the molecule is Cl.O=C(c1cccc2ccccc12)N1CCC2(CCNC2)CC1. The molecule has 0 unspecified atom stereocenters. The van der Waals surface area contributed by atoms with Gasteiger partial charge < -0.3 is 10.2 Å². The number of halogens is 1. The van der Waals surface area contributed by atoms with Gasteiger partial charge in [0, 0.05) is 25.2 Å². The van der Waals surface area contributed by atoms with Gasteiger partial charge in [0.25, 0.3) is 5.91 Å². The Morgan fingerprint density at radius 1 is 1.00 bits per heavy atom. The third-order valence-corrected chi connectivity index (χ3v) is 5.46. The Kier molecular flexibility index (Phi) is 4.60. The highest BCUT2D eigenvalue weighted by Crippen LogP contribution is 2.37. The van der Waals surface area contributed by atoms with E-state index in [1.54, 1.807) is 0 Å². The fourth-order valence-electron chi connectivity index (χ4n) is 3.99. The summed E-state index contributed by atoms with van der Waals surface area (Å²) in [4.78, 5) is 15.0. The molecule has 0 aliphatic carbocycles. The van der Waals surface area contributed by atoms with E-state index in [1.807, 2.05) is 29.2 Å². The van der Waals surface area contributed by atoms with Gasteiger partial charge in [-0.25, -0.2) is 0 Å². The summed E-state index contributed by atoms with van der Waals surface area (Å²) in [6.45, 7) is 4.05. The van der Waals surface area contributed by atoms with Crippen molar-refractivity contribution in [1.29, 1.82) is 0 Å². The van der Waals surface area contributed by atoms with Gasteiger partial charge in [0.1, 0.15) is 0 Å². The van der Waals surface area contributed by atoms with Crippen molar-refractivity contribution in [3.8, 4) is 0 Å². The quantitative estimate of drug-likeness (QED) is 0.868. The fourth-order valence-corrected chi connectivity index (χ4v) is 3.99. The van der Waals surface area contributed by atoms with Crippen LogP contribution in [0.4, 0.5) is 0 Å². The molecule has 0 bridgehead atoms. The average Bonchev–Trinajstić information content (AvgIpc) is 3.02. The summed E-state index contributed by atoms with van der Waals surface area (Å²) < 4.78 is 0. The first kappa shape index (κ1) is 16.3. The molecule has 2 saturated heterocycles. The van der Waals surface area contributed by atoms with Crippen molar-refractivity contribution < 1.29 is 4.79 Å². The van der Waals surface area contributed by atoms with Gasteiger partial charge in [0.05, 0.1) is 0 Å². The predicted molar refractivity (Wildman–Crippen MR) is 96.3 cm³/mol. The normalized spacial score (nSPS) is 19.7. The van der Waals surface area contributed by atoms with E-state index in [1.165, 1.54) is 6.42 Å². The van der Waals surface area contributed by atoms with Crippen molar-refractivity contribution in [3.05, 3.63) is 48.0 Å². The van der Waals surface area contributed by atoms with Crippen molar-refractivity contribution in [2.24, 2.45) is 5.41 Å². The molecular formula is C19H23ClN2O. The minimum Gasteiger partial charge on any atom is -0.339 e. The summed E-state index contributed by atoms with van der Waals surface area (Å²) in [7, 11) is 0. The monoisotopic (exact) mass is 330 g/mol. The van der Waals surface area contributed by atoms with Gasteiger partial charge in [-0.2, -0.15) is 0 Å². The van der Waals surface area contributed by atoms with Gasteiger partial charge in [0.15, 0.2) is 0 Å². The molecule has 0 saturated carbocycles. The minimum absolute atomic E-state index is 0. The molecule has 0 aromatic heterocycles. The molecule has 2 aromatic carbocycles. The second-order valence-electron chi connectivity index (χ2n) is 6.75. The standard InChI is InChI=1S/C19H22N2O.ClH/c22-18(17-7-3-5-15-4-1-2-6-16(15)17)21-12-9-19(10-13-21)8-11-20-14-19;/h1-7,20H,8-14H2;1H. The van der Waals surface area contributed by atoms with E-state index in [9.17, 15) is 4.79 Å². The number of piperidine rings is 1. The van der Waals surface area contributed by atoms with Gasteiger partial charge in [-0.05, 0) is 48.1 Å². The molecule has 2 fully saturated rings. The lowest BCUT2D eigenvalue weighted by atomic mass is 9.77. The Morgan fingerprint density at radius 3 is 2.48 bits per heavy atom. The molecule has 23 heavy (non-hydrogen) atoms. The largest absolute Gasteiger partial charge is 0.339 e. The Balaban J connectivity index is 0.00000156. The summed E-state index contributed by atoms with van der Waals surface area (Å²) in [6, 6.07) is 14.2. The van der Waals surface area contributed by atoms with Gasteiger partial charge in [-0.15, -0.1) is 12.4 Å². The Labute approximate surface area is 143 Å². The van der Waals surface area contributed by atoms with E-state index in [4.69, 9.17) is 0 Å². The first-order valence-corrected chi connectivity index (χ1v) is 8.25. The molecule has 4 heteroatoms. The number of carbonyl (C=O) groups excluding carboxylic acids is 1. The summed E-state index contributed by atoms with van der Waals surface area (Å²) in [5.41, 5.74) is 1.30. The lowest BCUT2D eigenvalue weighted by Gasteiger charge is -2.39. The second kappa shape index (κ2) is 6.50. The summed E-state index contributed by atoms with van der Waals surface area (Å²) >= 11 is 0. The zero-order valence-corrected chi connectivity index (χ0v) is 14.1. The minimum atomic E-state index is 0. The van der Waals surface area contributed by atoms with Crippen LogP contribution < -0.4 is 5.32 Å². The molecule has 4 rings (SSSR count). The lowest BCUT2D eigenvalue weighted by molar-refractivity contribution is 0.0609. The van der Waals surface area contributed by atoms with Crippen LogP contribution in [0.3, 0.4) is 0 Å². The summed E-state index contributed by atoms with van der Waals surface area (Å²) in [6.07, 6.45) is 3.54. The highest BCUT2D eigenvalue weighted by atomic mass is 35.5. The van der Waals surface area contributed by atoms with E-state index in [-0.39, 0.29) is 18.3 Å². The molecular weight excluding hydrogens is 308 g/mol. The van der Waals surface area contributed by atoms with Crippen LogP contribution in [-0.2, 0) is 0 Å². The Morgan fingerprint density at radius 2 is 1.74 bits per heavy atom. The molecule has 2 aliphatic rings. The molecule has 2 aromatic rings. The van der Waals surface area contributed by atoms with Gasteiger partial charge in [0.2, 0.25) is 0 Å². The number of carbonyl (C=O) groups is 1. The molecule has 0 atom stereocenters. The van der Waals surface area contributed by atoms with Crippen LogP contribution in [0.5, 0.6) is 0 Å². The predicted octanol–water partition coefficient (Wildman–Crippen LogP) is 3.48. The van der Waals surface area contributed by atoms with Crippen LogP contribution in [0, 0.1) is 5.41 Å². The van der Waals surface area contributed by atoms with Crippen molar-refractivity contribution in [1.82, 2.24) is 10.2 Å².